The predicted molar refractivity (Wildman–Crippen MR) is 134 cm³/mol. The Morgan fingerprint density at radius 3 is 2.88 bits per heavy atom. The van der Waals surface area contributed by atoms with Gasteiger partial charge in [-0.15, -0.1) is 0 Å². The molecule has 2 heterocycles. The van der Waals surface area contributed by atoms with Gasteiger partial charge in [-0.2, -0.15) is 0 Å². The maximum Gasteiger partial charge on any atom is 0.320 e. The van der Waals surface area contributed by atoms with Crippen molar-refractivity contribution in [3.63, 3.8) is 0 Å². The van der Waals surface area contributed by atoms with Crippen molar-refractivity contribution in [2.45, 2.75) is 25.8 Å². The number of hydrogen-bond donors (Lipinski definition) is 1. The van der Waals surface area contributed by atoms with Gasteiger partial charge in [0.2, 0.25) is 0 Å². The van der Waals surface area contributed by atoms with Gasteiger partial charge < -0.3 is 19.0 Å². The second-order valence-corrected chi connectivity index (χ2v) is 9.44. The fraction of sp³-hybridized carbons (Fsp3) is 0.360. The number of aryl methyl sites for hydroxylation is 1. The number of carbonyl (C=O) groups is 1. The smallest absolute Gasteiger partial charge is 0.320 e. The van der Waals surface area contributed by atoms with Gasteiger partial charge in [-0.1, -0.05) is 33.6 Å². The van der Waals surface area contributed by atoms with Gasteiger partial charge in [-0.25, -0.2) is 0 Å². The van der Waals surface area contributed by atoms with Gasteiger partial charge in [0.05, 0.1) is 29.2 Å². The lowest BCUT2D eigenvalue weighted by atomic mass is 10.1. The second kappa shape index (κ2) is 10.9. The second-order valence-electron chi connectivity index (χ2n) is 8.18. The molecule has 1 unspecified atom stereocenters. The first-order valence-electron chi connectivity index (χ1n) is 11.1. The average molecular weight is 551 g/mol. The first-order chi connectivity index (χ1) is 16.3. The number of aliphatic carboxylic acids is 1. The number of para-hydroxylation sites is 1. The lowest BCUT2D eigenvalue weighted by Gasteiger charge is -2.20. The van der Waals surface area contributed by atoms with E-state index in [0.29, 0.717) is 59.2 Å². The van der Waals surface area contributed by atoms with E-state index in [1.165, 1.54) is 6.07 Å². The molecule has 7 nitrogen and oxygen atoms in total. The molecule has 1 saturated heterocycles. The van der Waals surface area contributed by atoms with Gasteiger partial charge in [0.15, 0.2) is 11.0 Å². The highest BCUT2D eigenvalue weighted by Gasteiger charge is 2.29. The Bertz CT molecular complexity index is 1260. The van der Waals surface area contributed by atoms with Gasteiger partial charge >= 0.3 is 5.97 Å². The molecule has 0 amide bonds. The van der Waals surface area contributed by atoms with E-state index in [9.17, 15) is 14.7 Å². The molecule has 1 atom stereocenters. The van der Waals surface area contributed by atoms with Crippen LogP contribution in [0.2, 0.25) is 5.02 Å². The molecule has 0 aliphatic carbocycles. The zero-order chi connectivity index (χ0) is 24.2. The van der Waals surface area contributed by atoms with Crippen LogP contribution in [0, 0.1) is 6.92 Å². The van der Waals surface area contributed by atoms with Crippen molar-refractivity contribution in [1.29, 1.82) is 0 Å². The first kappa shape index (κ1) is 24.7. The molecule has 3 aromatic rings. The van der Waals surface area contributed by atoms with Crippen molar-refractivity contribution < 1.29 is 23.8 Å². The predicted octanol–water partition coefficient (Wildman–Crippen LogP) is 5.13. The normalized spacial score (nSPS) is 16.3. The van der Waals surface area contributed by atoms with Crippen LogP contribution in [0.5, 0.6) is 5.75 Å². The molecule has 0 spiro atoms. The summed E-state index contributed by atoms with van der Waals surface area (Å²) in [6.07, 6.45) is 1.57. The minimum atomic E-state index is -0.778. The molecule has 2 aromatic carbocycles. The molecule has 1 fully saturated rings. The van der Waals surface area contributed by atoms with Crippen LogP contribution in [0.4, 0.5) is 0 Å². The number of halogens is 2. The summed E-state index contributed by atoms with van der Waals surface area (Å²) >= 11 is 9.80. The zero-order valence-corrected chi connectivity index (χ0v) is 21.0. The number of benzene rings is 2. The summed E-state index contributed by atoms with van der Waals surface area (Å²) in [6, 6.07) is 9.82. The van der Waals surface area contributed by atoms with E-state index in [0.717, 1.165) is 23.0 Å². The van der Waals surface area contributed by atoms with Crippen molar-refractivity contribution in [3.05, 3.63) is 61.7 Å². The van der Waals surface area contributed by atoms with E-state index in [1.807, 2.05) is 24.0 Å². The van der Waals surface area contributed by atoms with Crippen LogP contribution >= 0.6 is 27.5 Å². The van der Waals surface area contributed by atoms with Gasteiger partial charge in [-0.05, 0) is 56.1 Å². The van der Waals surface area contributed by atoms with Crippen LogP contribution in [0.1, 0.15) is 18.4 Å². The SMILES string of the molecule is Cc1cc(-c2cc(=O)c3cccc(Cl)c3o2)c(OCCOCCN2CCCC2C(=O)O)cc1Br. The first-order valence-corrected chi connectivity index (χ1v) is 12.2. The fourth-order valence-corrected chi connectivity index (χ4v) is 4.65. The Balaban J connectivity index is 1.44. The summed E-state index contributed by atoms with van der Waals surface area (Å²) in [5.74, 6) is 0.131. The topological polar surface area (TPSA) is 89.2 Å². The molecular weight excluding hydrogens is 526 g/mol. The molecule has 1 aliphatic heterocycles. The summed E-state index contributed by atoms with van der Waals surface area (Å²) in [5.41, 5.74) is 1.75. The monoisotopic (exact) mass is 549 g/mol. The van der Waals surface area contributed by atoms with E-state index in [4.69, 9.17) is 25.5 Å². The van der Waals surface area contributed by atoms with Crippen molar-refractivity contribution in [3.8, 4) is 17.1 Å². The van der Waals surface area contributed by atoms with Crippen LogP contribution in [-0.2, 0) is 9.53 Å². The van der Waals surface area contributed by atoms with E-state index in [-0.39, 0.29) is 12.0 Å². The lowest BCUT2D eigenvalue weighted by molar-refractivity contribution is -0.142. The Kier molecular flexibility index (Phi) is 7.93. The quantitative estimate of drug-likeness (QED) is 0.370. The molecule has 0 bridgehead atoms. The van der Waals surface area contributed by atoms with Crippen LogP contribution < -0.4 is 10.2 Å². The minimum absolute atomic E-state index is 0.185. The molecule has 0 saturated carbocycles. The van der Waals surface area contributed by atoms with Crippen molar-refractivity contribution in [2.75, 3.05) is 32.9 Å². The summed E-state index contributed by atoms with van der Waals surface area (Å²) in [5, 5.41) is 10.0. The Morgan fingerprint density at radius 1 is 1.26 bits per heavy atom. The standard InChI is InChI=1S/C25H25BrClNO6/c1-15-12-17(23-14-21(29)16-4-2-5-19(27)24(16)34-23)22(13-18(15)26)33-11-10-32-9-8-28-7-3-6-20(28)25(30)31/h2,4-5,12-14,20H,3,6-11H2,1H3,(H,30,31). The van der Waals surface area contributed by atoms with Crippen LogP contribution in [-0.4, -0.2) is 54.9 Å². The number of nitrogens with zero attached hydrogens (tertiary/aromatic N) is 1. The third kappa shape index (κ3) is 5.46. The van der Waals surface area contributed by atoms with Crippen molar-refractivity contribution in [1.82, 2.24) is 4.90 Å². The summed E-state index contributed by atoms with van der Waals surface area (Å²) in [6.45, 7) is 4.33. The average Bonchev–Trinajstić information content (AvgIpc) is 3.28. The molecule has 0 radical (unpaired) electrons. The van der Waals surface area contributed by atoms with E-state index in [2.05, 4.69) is 15.9 Å². The number of carboxylic acid groups (broad SMARTS) is 1. The molecule has 180 valence electrons. The van der Waals surface area contributed by atoms with Gasteiger partial charge in [0.1, 0.15) is 24.2 Å². The number of hydrogen-bond acceptors (Lipinski definition) is 6. The summed E-state index contributed by atoms with van der Waals surface area (Å²) in [4.78, 5) is 25.9. The number of carboxylic acids is 1. The lowest BCUT2D eigenvalue weighted by Crippen LogP contribution is -2.38. The maximum absolute atomic E-state index is 12.7. The van der Waals surface area contributed by atoms with E-state index >= 15 is 0 Å². The molecule has 1 N–H and O–H groups in total. The van der Waals surface area contributed by atoms with E-state index < -0.39 is 12.0 Å². The Hall–Kier alpha value is -2.39. The highest BCUT2D eigenvalue weighted by atomic mass is 79.9. The zero-order valence-electron chi connectivity index (χ0n) is 18.7. The fourth-order valence-electron chi connectivity index (χ4n) is 4.12. The van der Waals surface area contributed by atoms with Gasteiger partial charge in [-0.3, -0.25) is 14.5 Å². The Morgan fingerprint density at radius 2 is 2.09 bits per heavy atom. The molecule has 1 aromatic heterocycles. The minimum Gasteiger partial charge on any atom is -0.490 e. The highest BCUT2D eigenvalue weighted by molar-refractivity contribution is 9.10. The third-order valence-electron chi connectivity index (χ3n) is 5.89. The summed E-state index contributed by atoms with van der Waals surface area (Å²) < 4.78 is 18.5. The molecule has 1 aliphatic rings. The molecular formula is C25H25BrClNO6. The number of likely N-dealkylation sites (tertiary alicyclic amines) is 1. The summed E-state index contributed by atoms with van der Waals surface area (Å²) in [7, 11) is 0. The van der Waals surface area contributed by atoms with Gasteiger partial charge in [0, 0.05) is 17.1 Å². The number of fused-ring (bicyclic) bond motifs is 1. The largest absolute Gasteiger partial charge is 0.490 e. The van der Waals surface area contributed by atoms with Crippen molar-refractivity contribution >= 4 is 44.5 Å². The number of ether oxygens (including phenoxy) is 2. The van der Waals surface area contributed by atoms with Crippen LogP contribution in [0.15, 0.2) is 50.1 Å². The van der Waals surface area contributed by atoms with Crippen LogP contribution in [0.25, 0.3) is 22.3 Å². The van der Waals surface area contributed by atoms with Crippen molar-refractivity contribution in [2.24, 2.45) is 0 Å². The van der Waals surface area contributed by atoms with Gasteiger partial charge in [0.25, 0.3) is 0 Å². The Labute approximate surface area is 210 Å². The number of rotatable bonds is 9. The van der Waals surface area contributed by atoms with E-state index in [1.54, 1.807) is 18.2 Å². The molecule has 34 heavy (non-hydrogen) atoms. The molecule has 4 rings (SSSR count). The maximum atomic E-state index is 12.7. The third-order valence-corrected chi connectivity index (χ3v) is 7.04. The van der Waals surface area contributed by atoms with Crippen LogP contribution in [0.3, 0.4) is 0 Å². The molecule has 9 heteroatoms. The highest BCUT2D eigenvalue weighted by Crippen LogP contribution is 2.36.